The monoisotopic (exact) mass is 1960 g/mol. The molecule has 10 N–H and O–H groups in total. The van der Waals surface area contributed by atoms with Crippen LogP contribution in [-0.4, -0.2) is 90.2 Å². The van der Waals surface area contributed by atoms with Crippen molar-refractivity contribution in [1.82, 2.24) is 25.9 Å². The number of fused-ring (bicyclic) bond motifs is 17. The third kappa shape index (κ3) is 22.5. The molecule has 13 aliphatic rings. The Hall–Kier alpha value is -14.0. The van der Waals surface area contributed by atoms with Gasteiger partial charge in [-0.1, -0.05) is 145 Å². The summed E-state index contributed by atoms with van der Waals surface area (Å²) in [7, 11) is 0. The van der Waals surface area contributed by atoms with Crippen LogP contribution in [0.1, 0.15) is 212 Å². The molecular weight excluding hydrogens is 1840 g/mol. The number of ketones is 3. The SMILES string of the molecule is C/C=C1\[C@@H]2C=C(C)CC1(N)C1=C(C2)NC(OC(=O)Oc2ccc(C(C)=O)cc2C)C=C1.C/C=C1\[C@@H]2C=C(C)CC1(N)c1ccc(=O)[nH]c1C2.C/C=C1\[C@@H]2C=C(C)CC1(N=[N+]=[N-])C1=C(C2)NC(OC(=O)Cl)C=C1.C/C=C1\[C@@H]2C=C(C)CC1(N=[N+]=[N-])C1=C(C2)NC(OC(=O)Oc2ccc(C(C)=O)cc2C)C=C1.C/C=C1\[C@@H]2C=C(C)CC1(N=[N+]=[N-])c1ccc(=O)[nH]c1C2.CC(=O)c1ccc(O)c(C)c1.O=C(Cl)Cl. The largest absolute Gasteiger partial charge is 0.516 e. The molecule has 31 nitrogen and oxygen atoms in total. The minimum atomic E-state index is -0.889. The summed E-state index contributed by atoms with van der Waals surface area (Å²) in [5, 5.41) is 31.5. The van der Waals surface area contributed by atoms with Gasteiger partial charge in [0.15, 0.2) is 36.0 Å². The standard InChI is InChI=1S/C25H26N4O4.C25H28N2O4.C16H17ClN4O2.C15H16N4O.C15H18N2O.C9H10O2.CCl2O/c1-5-19-18-10-14(2)13-25(19,28-29-26)20-7-9-23(27-21(20)12-18)33-24(31)32-22-8-6-17(16(4)30)11-15(22)3;1-5-19-18-10-14(2)13-25(19,26)20-7-9-23(27-21(20)12-18)31-24(29)30-22-8-6-17(16(4)28)11-15(22)3;1-3-11-10-6-9(2)8-16(11,20-21-18)12-4-5-14(23-15(17)22)19-13(12)7-10;1-3-11-10-6-9(2)8-15(11,18-19-16)12-4-5-14(20)17-13(12)7-10;1-3-11-10-6-9(2)8-15(11,16)12-4-5-14(18)17-13(12)7-10;1-6-5-8(7(2)10)3-4-9(6)11;2-1(3)4/h5-11,18,23,27H,12-13H2,1-4H3;5-11,18,23,27H,12-13,26H2,1-4H3;3-6,10,14,19H,7-8H2,1-2H3;3-6,10H,7-8H2,1-2H3,(H,17,20);3-6,10H,7-8,16H2,1-2H3,(H,17,18);3-5,11H,1-2H3;/b2*19-5+;3*11-3+;;/t2*18-,23?,25?;10-,14?,16?;2*10-,15?;;/m11111../s1. The van der Waals surface area contributed by atoms with E-state index < -0.39 is 68.8 Å². The van der Waals surface area contributed by atoms with Crippen molar-refractivity contribution in [3.8, 4) is 17.2 Å². The van der Waals surface area contributed by atoms with Crippen LogP contribution in [0.25, 0.3) is 31.3 Å². The summed E-state index contributed by atoms with van der Waals surface area (Å²) in [4.78, 5) is 117. The number of nitrogens with two attached hydrogens (primary N) is 2. The van der Waals surface area contributed by atoms with Gasteiger partial charge < -0.3 is 66.2 Å². The number of pyridine rings is 2. The Labute approximate surface area is 826 Å². The molecule has 0 saturated carbocycles. The van der Waals surface area contributed by atoms with E-state index >= 15 is 0 Å². The number of aromatic amines is 2. The zero-order valence-electron chi connectivity index (χ0n) is 80.9. The number of benzene rings is 3. The Kier molecular flexibility index (Phi) is 33.0. The topological polar surface area (TPSA) is 486 Å². The van der Waals surface area contributed by atoms with Crippen LogP contribution in [0.3, 0.4) is 0 Å². The number of aromatic hydroxyl groups is 1. The number of carbonyl (C=O) groups is 7. The van der Waals surface area contributed by atoms with E-state index in [0.29, 0.717) is 70.9 Å². The Morgan fingerprint density at radius 3 is 1.14 bits per heavy atom. The number of carbonyl (C=O) groups excluding carboxylic acids is 7. The third-order valence-electron chi connectivity index (χ3n) is 27.3. The number of hydrogen-bond acceptors (Lipinski definition) is 23. The summed E-state index contributed by atoms with van der Waals surface area (Å²) in [6.07, 6.45) is 36.3. The molecule has 13 atom stereocenters. The van der Waals surface area contributed by atoms with Crippen LogP contribution >= 0.6 is 34.8 Å². The number of halogens is 3. The number of aryl methyl sites for hydroxylation is 3. The number of phenols is 1. The molecular formula is C106H115Cl3N16O15. The first kappa shape index (κ1) is 105. The van der Waals surface area contributed by atoms with E-state index in [4.69, 9.17) is 67.7 Å². The Bertz CT molecular complexity index is 6760. The molecule has 8 unspecified atom stereocenters. The predicted molar refractivity (Wildman–Crippen MR) is 539 cm³/mol. The number of nitrogens with one attached hydrogen (secondary N) is 5. The van der Waals surface area contributed by atoms with Crippen molar-refractivity contribution < 1.29 is 62.4 Å². The fourth-order valence-electron chi connectivity index (χ4n) is 22.0. The summed E-state index contributed by atoms with van der Waals surface area (Å²) >= 11 is 14.1. The van der Waals surface area contributed by atoms with Gasteiger partial charge in [0.05, 0.1) is 11.1 Å². The lowest BCUT2D eigenvalue weighted by Gasteiger charge is -2.47. The number of dihydropyridines is 3. The number of rotatable bonds is 11. The lowest BCUT2D eigenvalue weighted by atomic mass is 9.63. The number of azide groups is 3. The van der Waals surface area contributed by atoms with Crippen molar-refractivity contribution >= 4 is 74.6 Å². The minimum Gasteiger partial charge on any atom is -0.508 e. The van der Waals surface area contributed by atoms with Gasteiger partial charge in [-0.3, -0.25) is 28.8 Å². The van der Waals surface area contributed by atoms with Crippen LogP contribution in [0.15, 0.2) is 291 Å². The van der Waals surface area contributed by atoms with Gasteiger partial charge in [-0.05, 0) is 349 Å². The van der Waals surface area contributed by atoms with Gasteiger partial charge in [0.1, 0.15) is 33.9 Å². The van der Waals surface area contributed by atoms with Gasteiger partial charge >= 0.3 is 22.4 Å². The van der Waals surface area contributed by atoms with E-state index in [2.05, 4.69) is 169 Å². The van der Waals surface area contributed by atoms with Gasteiger partial charge in [0, 0.05) is 113 Å². The van der Waals surface area contributed by atoms with Crippen molar-refractivity contribution in [2.45, 2.75) is 221 Å². The van der Waals surface area contributed by atoms with Crippen molar-refractivity contribution in [2.75, 3.05) is 0 Å². The Morgan fingerprint density at radius 1 is 0.421 bits per heavy atom. The first-order valence-electron chi connectivity index (χ1n) is 46.0. The summed E-state index contributed by atoms with van der Waals surface area (Å²) < 4.78 is 25.8. The van der Waals surface area contributed by atoms with Gasteiger partial charge in [0.2, 0.25) is 11.1 Å². The fraction of sp³-hybridized carbons (Fsp3) is 0.368. The van der Waals surface area contributed by atoms with Crippen molar-refractivity contribution in [3.63, 3.8) is 0 Å². The molecule has 3 aromatic carbocycles. The molecule has 0 fully saturated rings. The Morgan fingerprint density at radius 2 is 0.743 bits per heavy atom. The van der Waals surface area contributed by atoms with E-state index in [1.54, 1.807) is 99.7 Å². The van der Waals surface area contributed by atoms with Crippen LogP contribution in [0.2, 0.25) is 0 Å². The van der Waals surface area contributed by atoms with E-state index in [1.807, 2.05) is 64.1 Å². The van der Waals surface area contributed by atoms with Crippen molar-refractivity contribution in [2.24, 2.45) is 56.4 Å². The number of aromatic nitrogens is 2. The summed E-state index contributed by atoms with van der Waals surface area (Å²) in [5.74, 6) is 1.91. The molecule has 34 heteroatoms. The first-order valence-corrected chi connectivity index (χ1v) is 47.1. The predicted octanol–water partition coefficient (Wildman–Crippen LogP) is 23.6. The van der Waals surface area contributed by atoms with E-state index in [9.17, 15) is 43.9 Å². The third-order valence-corrected chi connectivity index (χ3v) is 27.4. The highest BCUT2D eigenvalue weighted by molar-refractivity contribution is 6.93. The molecule has 5 heterocycles. The molecule has 140 heavy (non-hydrogen) atoms. The van der Waals surface area contributed by atoms with Crippen molar-refractivity contribution in [1.29, 1.82) is 0 Å². The molecule has 0 spiro atoms. The number of hydrogen-bond donors (Lipinski definition) is 8. The van der Waals surface area contributed by atoms with Gasteiger partial charge in [0.25, 0.3) is 0 Å². The van der Waals surface area contributed by atoms with Gasteiger partial charge in [-0.15, -0.1) is 0 Å². The second kappa shape index (κ2) is 44.0. The van der Waals surface area contributed by atoms with Crippen LogP contribution in [0.5, 0.6) is 17.2 Å². The van der Waals surface area contributed by atoms with Crippen LogP contribution in [-0.2, 0) is 38.1 Å². The van der Waals surface area contributed by atoms with E-state index in [0.717, 1.165) is 117 Å². The highest BCUT2D eigenvalue weighted by Gasteiger charge is 2.52. The average Bonchev–Trinajstić information content (AvgIpc) is 0.768. The first-order chi connectivity index (χ1) is 66.5. The molecule has 0 saturated heterocycles. The maximum absolute atomic E-state index is 12.4. The molecule has 3 aliphatic heterocycles. The molecule has 730 valence electrons. The lowest BCUT2D eigenvalue weighted by Crippen LogP contribution is -2.53. The Balaban J connectivity index is 0.000000153. The quantitative estimate of drug-likeness (QED) is 0.00701. The minimum absolute atomic E-state index is 0.0214. The number of phenolic OH excluding ortho intramolecular Hbond substituents is 1. The van der Waals surface area contributed by atoms with Gasteiger partial charge in [-0.25, -0.2) is 14.4 Å². The number of ether oxygens (including phenoxy) is 5. The van der Waals surface area contributed by atoms with Crippen LogP contribution in [0, 0.1) is 50.4 Å². The second-order valence-corrected chi connectivity index (χ2v) is 38.0. The highest BCUT2D eigenvalue weighted by atomic mass is 35.5. The maximum atomic E-state index is 12.4. The number of allylic oxidation sites excluding steroid dienone is 13. The fourth-order valence-corrected chi connectivity index (χ4v) is 22.1. The maximum Gasteiger partial charge on any atom is 0.516 e. The van der Waals surface area contributed by atoms with E-state index in [1.165, 1.54) is 71.9 Å². The molecule has 2 aromatic heterocycles. The van der Waals surface area contributed by atoms with E-state index in [-0.39, 0.29) is 57.9 Å². The smallest absolute Gasteiger partial charge is 0.508 e. The lowest BCUT2D eigenvalue weighted by molar-refractivity contribution is 0.0644. The van der Waals surface area contributed by atoms with Gasteiger partial charge in [-0.2, -0.15) is 0 Å². The van der Waals surface area contributed by atoms with Crippen molar-refractivity contribution in [3.05, 3.63) is 374 Å². The molecule has 0 radical (unpaired) electrons. The molecule has 10 bridgehead atoms. The molecule has 0 amide bonds. The summed E-state index contributed by atoms with van der Waals surface area (Å²) in [6, 6.07) is 21.4. The molecule has 18 rings (SSSR count). The second-order valence-electron chi connectivity index (χ2n) is 36.8. The molecule has 5 aromatic rings. The van der Waals surface area contributed by atoms with Crippen LogP contribution < -0.4 is 48.0 Å². The normalized spacial score (nSPS) is 27.2. The number of H-pyrrole nitrogens is 2. The molecule has 10 aliphatic carbocycles. The zero-order chi connectivity index (χ0) is 102. The average molecular weight is 1960 g/mol. The highest BCUT2D eigenvalue weighted by Crippen LogP contribution is 2.57. The van der Waals surface area contributed by atoms with Crippen LogP contribution in [0.4, 0.5) is 19.2 Å². The number of Topliss-reactive ketones (excluding diaryl/α,β-unsaturated/α-hetero) is 3. The summed E-state index contributed by atoms with van der Waals surface area (Å²) in [5.41, 5.74) is 62.6. The number of nitrogens with zero attached hydrogens (tertiary/aromatic N) is 9. The zero-order valence-corrected chi connectivity index (χ0v) is 83.2. The summed E-state index contributed by atoms with van der Waals surface area (Å²) in [6.45, 7) is 30.2.